The summed E-state index contributed by atoms with van der Waals surface area (Å²) in [6.07, 6.45) is 8.32. The average Bonchev–Trinajstić information content (AvgIpc) is 3.46. The number of fused-ring (bicyclic) bond motifs is 3. The van der Waals surface area contributed by atoms with Crippen molar-refractivity contribution >= 4 is 38.6 Å². The average molecular weight is 497 g/mol. The molecule has 0 N–H and O–H groups in total. The number of imidazole rings is 1. The van der Waals surface area contributed by atoms with Crippen LogP contribution in [0.25, 0.3) is 27.7 Å². The summed E-state index contributed by atoms with van der Waals surface area (Å²) >= 11 is 3.53. The smallest absolute Gasteiger partial charge is 0.410 e. The quantitative estimate of drug-likeness (QED) is 0.390. The van der Waals surface area contributed by atoms with Gasteiger partial charge in [-0.3, -0.25) is 9.67 Å². The molecule has 4 aromatic heterocycles. The lowest BCUT2D eigenvalue weighted by Crippen LogP contribution is -2.35. The van der Waals surface area contributed by atoms with Crippen LogP contribution in [0.4, 0.5) is 4.79 Å². The molecule has 1 saturated heterocycles. The van der Waals surface area contributed by atoms with Gasteiger partial charge in [-0.2, -0.15) is 5.10 Å². The molecule has 1 amide bonds. The van der Waals surface area contributed by atoms with Crippen molar-refractivity contribution in [1.29, 1.82) is 0 Å². The fourth-order valence-corrected chi connectivity index (χ4v) is 4.44. The third-order valence-electron chi connectivity index (χ3n) is 5.76. The highest BCUT2D eigenvalue weighted by Gasteiger charge is 2.31. The van der Waals surface area contributed by atoms with E-state index >= 15 is 0 Å². The van der Waals surface area contributed by atoms with Gasteiger partial charge in [0, 0.05) is 48.2 Å². The van der Waals surface area contributed by atoms with Gasteiger partial charge in [-0.05, 0) is 62.2 Å². The number of amides is 1. The van der Waals surface area contributed by atoms with Gasteiger partial charge in [-0.25, -0.2) is 9.78 Å². The van der Waals surface area contributed by atoms with Crippen LogP contribution in [0.1, 0.15) is 38.9 Å². The predicted molar refractivity (Wildman–Crippen MR) is 126 cm³/mol. The zero-order chi connectivity index (χ0) is 22.6. The van der Waals surface area contributed by atoms with Crippen molar-refractivity contribution in [2.45, 2.75) is 45.8 Å². The summed E-state index contributed by atoms with van der Waals surface area (Å²) in [5.74, 6) is 0. The van der Waals surface area contributed by atoms with Crippen LogP contribution >= 0.6 is 15.9 Å². The van der Waals surface area contributed by atoms with Gasteiger partial charge in [0.05, 0.1) is 23.4 Å². The molecule has 1 fully saturated rings. The summed E-state index contributed by atoms with van der Waals surface area (Å²) < 4.78 is 10.3. The summed E-state index contributed by atoms with van der Waals surface area (Å²) in [4.78, 5) is 23.4. The van der Waals surface area contributed by atoms with E-state index in [-0.39, 0.29) is 12.1 Å². The standard InChI is InChI=1S/C23H25BrN6O2/c1-14-20(24)27-21-18-9-15(10-25-19(18)6-8-29(14)21)16-11-26-30(12-16)17-5-7-28(13-17)22(31)32-23(2,3)4/h6,8-12,17H,5,7,13H2,1-4H3/t17-/m0/s1. The molecule has 1 aliphatic heterocycles. The Labute approximate surface area is 194 Å². The number of aryl methyl sites for hydroxylation is 1. The Bertz CT molecular complexity index is 1340. The van der Waals surface area contributed by atoms with Crippen LogP contribution in [0.2, 0.25) is 0 Å². The van der Waals surface area contributed by atoms with Gasteiger partial charge in [-0.15, -0.1) is 0 Å². The number of nitrogens with zero attached hydrogens (tertiary/aromatic N) is 6. The highest BCUT2D eigenvalue weighted by molar-refractivity contribution is 9.10. The zero-order valence-electron chi connectivity index (χ0n) is 18.5. The molecule has 166 valence electrons. The van der Waals surface area contributed by atoms with Crippen molar-refractivity contribution in [3.8, 4) is 11.1 Å². The largest absolute Gasteiger partial charge is 0.444 e. The first-order valence-corrected chi connectivity index (χ1v) is 11.4. The molecule has 0 aromatic carbocycles. The molecule has 0 unspecified atom stereocenters. The van der Waals surface area contributed by atoms with E-state index in [0.29, 0.717) is 13.1 Å². The number of hydrogen-bond donors (Lipinski definition) is 0. The molecule has 1 atom stereocenters. The molecule has 32 heavy (non-hydrogen) atoms. The van der Waals surface area contributed by atoms with E-state index < -0.39 is 5.60 Å². The first kappa shape index (κ1) is 20.9. The van der Waals surface area contributed by atoms with Gasteiger partial charge < -0.3 is 14.0 Å². The van der Waals surface area contributed by atoms with Crippen LogP contribution in [-0.2, 0) is 4.74 Å². The van der Waals surface area contributed by atoms with Crippen LogP contribution < -0.4 is 0 Å². The van der Waals surface area contributed by atoms with E-state index in [1.807, 2.05) is 63.2 Å². The number of ether oxygens (including phenoxy) is 1. The van der Waals surface area contributed by atoms with E-state index in [4.69, 9.17) is 4.74 Å². The maximum absolute atomic E-state index is 12.4. The first-order valence-electron chi connectivity index (χ1n) is 10.6. The number of carbonyl (C=O) groups excluding carboxylic acids is 1. The Morgan fingerprint density at radius 3 is 2.84 bits per heavy atom. The lowest BCUT2D eigenvalue weighted by molar-refractivity contribution is 0.0288. The lowest BCUT2D eigenvalue weighted by Gasteiger charge is -2.24. The third kappa shape index (κ3) is 3.74. The zero-order valence-corrected chi connectivity index (χ0v) is 20.1. The van der Waals surface area contributed by atoms with Crippen molar-refractivity contribution in [1.82, 2.24) is 29.0 Å². The van der Waals surface area contributed by atoms with Crippen molar-refractivity contribution in [2.24, 2.45) is 0 Å². The minimum absolute atomic E-state index is 0.127. The predicted octanol–water partition coefficient (Wildman–Crippen LogP) is 5.00. The van der Waals surface area contributed by atoms with Crippen molar-refractivity contribution in [3.63, 3.8) is 0 Å². The van der Waals surface area contributed by atoms with Crippen molar-refractivity contribution in [2.75, 3.05) is 13.1 Å². The highest BCUT2D eigenvalue weighted by Crippen LogP contribution is 2.29. The van der Waals surface area contributed by atoms with E-state index in [9.17, 15) is 4.79 Å². The fourth-order valence-electron chi connectivity index (χ4n) is 4.09. The van der Waals surface area contributed by atoms with E-state index in [2.05, 4.69) is 41.5 Å². The SMILES string of the molecule is Cc1c(Br)nc2c3cc(-c4cnn([C@H]5CCN(C(=O)OC(C)(C)C)C5)c4)cnc3ccn12. The van der Waals surface area contributed by atoms with Gasteiger partial charge in [0.2, 0.25) is 0 Å². The van der Waals surface area contributed by atoms with Crippen LogP contribution in [0, 0.1) is 6.92 Å². The van der Waals surface area contributed by atoms with E-state index in [1.165, 1.54) is 0 Å². The second kappa shape index (κ2) is 7.58. The number of halogens is 1. The number of carbonyl (C=O) groups is 1. The van der Waals surface area contributed by atoms with Gasteiger partial charge in [0.1, 0.15) is 15.9 Å². The van der Waals surface area contributed by atoms with E-state index in [1.54, 1.807) is 4.90 Å². The van der Waals surface area contributed by atoms with Gasteiger partial charge in [-0.1, -0.05) is 0 Å². The molecular weight excluding hydrogens is 472 g/mol. The maximum Gasteiger partial charge on any atom is 0.410 e. The Morgan fingerprint density at radius 1 is 1.25 bits per heavy atom. The molecule has 5 heterocycles. The molecular formula is C23H25BrN6O2. The highest BCUT2D eigenvalue weighted by atomic mass is 79.9. The maximum atomic E-state index is 12.4. The number of rotatable bonds is 2. The van der Waals surface area contributed by atoms with Crippen LogP contribution in [0.5, 0.6) is 0 Å². The topological polar surface area (TPSA) is 77.5 Å². The molecule has 0 radical (unpaired) electrons. The lowest BCUT2D eigenvalue weighted by atomic mass is 10.1. The molecule has 0 bridgehead atoms. The Kier molecular flexibility index (Phi) is 4.96. The number of likely N-dealkylation sites (tertiary alicyclic amines) is 1. The Hall–Kier alpha value is -2.94. The molecule has 5 rings (SSSR count). The summed E-state index contributed by atoms with van der Waals surface area (Å²) in [6, 6.07) is 4.24. The second-order valence-corrected chi connectivity index (χ2v) is 9.98. The minimum atomic E-state index is -0.495. The molecule has 9 heteroatoms. The molecule has 0 spiro atoms. The minimum Gasteiger partial charge on any atom is -0.444 e. The summed E-state index contributed by atoms with van der Waals surface area (Å²) in [7, 11) is 0. The summed E-state index contributed by atoms with van der Waals surface area (Å²) in [6.45, 7) is 8.93. The Morgan fingerprint density at radius 2 is 2.06 bits per heavy atom. The molecule has 0 aliphatic carbocycles. The molecule has 1 aliphatic rings. The number of hydrogen-bond acceptors (Lipinski definition) is 5. The third-order valence-corrected chi connectivity index (χ3v) is 6.51. The molecule has 4 aromatic rings. The van der Waals surface area contributed by atoms with Gasteiger partial charge in [0.15, 0.2) is 0 Å². The summed E-state index contributed by atoms with van der Waals surface area (Å²) in [5.41, 5.74) is 4.30. The normalized spacial score (nSPS) is 16.9. The number of pyridine rings is 2. The molecule has 8 nitrogen and oxygen atoms in total. The van der Waals surface area contributed by atoms with Crippen LogP contribution in [-0.4, -0.2) is 53.8 Å². The number of aromatic nitrogens is 5. The molecule has 0 saturated carbocycles. The van der Waals surface area contributed by atoms with Crippen molar-refractivity contribution in [3.05, 3.63) is 47.2 Å². The second-order valence-electron chi connectivity index (χ2n) is 9.23. The van der Waals surface area contributed by atoms with Crippen LogP contribution in [0.3, 0.4) is 0 Å². The monoisotopic (exact) mass is 496 g/mol. The van der Waals surface area contributed by atoms with Gasteiger partial charge >= 0.3 is 6.09 Å². The first-order chi connectivity index (χ1) is 15.2. The van der Waals surface area contributed by atoms with Crippen molar-refractivity contribution < 1.29 is 9.53 Å². The summed E-state index contributed by atoms with van der Waals surface area (Å²) in [5, 5.41) is 5.57. The Balaban J connectivity index is 1.41. The fraction of sp³-hybridized carbons (Fsp3) is 0.391. The van der Waals surface area contributed by atoms with Gasteiger partial charge in [0.25, 0.3) is 0 Å². The van der Waals surface area contributed by atoms with Crippen LogP contribution in [0.15, 0.2) is 41.5 Å². The van der Waals surface area contributed by atoms with E-state index in [0.717, 1.165) is 44.4 Å².